The van der Waals surface area contributed by atoms with E-state index in [-0.39, 0.29) is 6.61 Å². The van der Waals surface area contributed by atoms with E-state index in [0.717, 1.165) is 12.1 Å². The van der Waals surface area contributed by atoms with Crippen LogP contribution in [0.3, 0.4) is 0 Å². The van der Waals surface area contributed by atoms with Crippen molar-refractivity contribution in [3.8, 4) is 0 Å². The molecule has 1 N–H and O–H groups in total. The van der Waals surface area contributed by atoms with Crippen molar-refractivity contribution in [3.05, 3.63) is 36.0 Å². The second kappa shape index (κ2) is 4.71. The van der Waals surface area contributed by atoms with Crippen molar-refractivity contribution in [1.82, 2.24) is 4.57 Å². The van der Waals surface area contributed by atoms with Crippen LogP contribution in [0.5, 0.6) is 0 Å². The number of fused-ring (bicyclic) bond motifs is 1. The summed E-state index contributed by atoms with van der Waals surface area (Å²) in [7, 11) is 0. The first-order chi connectivity index (χ1) is 7.76. The highest BCUT2D eigenvalue weighted by Gasteiger charge is 2.06. The van der Waals surface area contributed by atoms with Crippen LogP contribution in [0.15, 0.2) is 30.5 Å². The van der Waals surface area contributed by atoms with Crippen molar-refractivity contribution >= 4 is 10.9 Å². The van der Waals surface area contributed by atoms with Crippen LogP contribution in [-0.2, 0) is 13.2 Å². The molecule has 0 bridgehead atoms. The van der Waals surface area contributed by atoms with Crippen LogP contribution in [-0.4, -0.2) is 9.67 Å². The Morgan fingerprint density at radius 1 is 1.31 bits per heavy atom. The molecule has 2 rings (SSSR count). The van der Waals surface area contributed by atoms with E-state index in [9.17, 15) is 5.11 Å². The van der Waals surface area contributed by atoms with Gasteiger partial charge in [-0.3, -0.25) is 0 Å². The van der Waals surface area contributed by atoms with Crippen LogP contribution in [0.25, 0.3) is 10.9 Å². The molecule has 0 spiro atoms. The fourth-order valence-electron chi connectivity index (χ4n) is 2.05. The smallest absolute Gasteiger partial charge is 0.0688 e. The number of benzene rings is 1. The number of nitrogens with zero attached hydrogens (tertiary/aromatic N) is 1. The third-order valence-corrected chi connectivity index (χ3v) is 3.28. The zero-order valence-corrected chi connectivity index (χ0v) is 9.98. The molecule has 0 aliphatic rings. The molecular formula is C14H19NO. The maximum atomic E-state index is 9.26. The van der Waals surface area contributed by atoms with Crippen LogP contribution < -0.4 is 0 Å². The van der Waals surface area contributed by atoms with Crippen LogP contribution in [0.4, 0.5) is 0 Å². The average Bonchev–Trinajstić information content (AvgIpc) is 2.72. The Hall–Kier alpha value is -1.28. The van der Waals surface area contributed by atoms with Crippen molar-refractivity contribution in [2.24, 2.45) is 5.92 Å². The lowest BCUT2D eigenvalue weighted by Crippen LogP contribution is -2.05. The lowest BCUT2D eigenvalue weighted by Gasteiger charge is -2.11. The zero-order valence-electron chi connectivity index (χ0n) is 9.98. The average molecular weight is 217 g/mol. The summed E-state index contributed by atoms with van der Waals surface area (Å²) in [6, 6.07) is 8.22. The van der Waals surface area contributed by atoms with Crippen molar-refractivity contribution in [3.63, 3.8) is 0 Å². The Bertz CT molecular complexity index is 473. The number of hydrogen-bond acceptors (Lipinski definition) is 1. The van der Waals surface area contributed by atoms with Gasteiger partial charge < -0.3 is 9.67 Å². The van der Waals surface area contributed by atoms with E-state index in [1.807, 2.05) is 12.1 Å². The summed E-state index contributed by atoms with van der Waals surface area (Å²) in [4.78, 5) is 0. The van der Waals surface area contributed by atoms with E-state index in [4.69, 9.17) is 0 Å². The zero-order chi connectivity index (χ0) is 11.5. The van der Waals surface area contributed by atoms with Crippen molar-refractivity contribution in [2.75, 3.05) is 0 Å². The van der Waals surface area contributed by atoms with Crippen molar-refractivity contribution < 1.29 is 5.11 Å². The Balaban J connectivity index is 2.41. The molecule has 2 heteroatoms. The standard InChI is InChI=1S/C14H19NO/c1-3-11(2)9-15-8-7-13-12(10-16)5-4-6-14(13)15/h4-8,11,16H,3,9-10H2,1-2H3. The van der Waals surface area contributed by atoms with Gasteiger partial charge >= 0.3 is 0 Å². The first kappa shape index (κ1) is 11.2. The summed E-state index contributed by atoms with van der Waals surface area (Å²) in [6.07, 6.45) is 3.31. The third kappa shape index (κ3) is 1.98. The van der Waals surface area contributed by atoms with Gasteiger partial charge in [0.2, 0.25) is 0 Å². The summed E-state index contributed by atoms with van der Waals surface area (Å²) in [5, 5.41) is 10.4. The highest BCUT2D eigenvalue weighted by molar-refractivity contribution is 5.83. The van der Waals surface area contributed by atoms with Crippen LogP contribution >= 0.6 is 0 Å². The maximum absolute atomic E-state index is 9.26. The minimum atomic E-state index is 0.116. The van der Waals surface area contributed by atoms with Crippen molar-refractivity contribution in [2.45, 2.75) is 33.4 Å². The van der Waals surface area contributed by atoms with Gasteiger partial charge in [0.1, 0.15) is 0 Å². The van der Waals surface area contributed by atoms with E-state index in [1.165, 1.54) is 17.3 Å². The van der Waals surface area contributed by atoms with E-state index >= 15 is 0 Å². The monoisotopic (exact) mass is 217 g/mol. The highest BCUT2D eigenvalue weighted by atomic mass is 16.3. The summed E-state index contributed by atoms with van der Waals surface area (Å²) in [5.41, 5.74) is 2.24. The van der Waals surface area contributed by atoms with Crippen LogP contribution in [0.2, 0.25) is 0 Å². The molecule has 0 aliphatic heterocycles. The van der Waals surface area contributed by atoms with Gasteiger partial charge in [0.15, 0.2) is 0 Å². The predicted octanol–water partition coefficient (Wildman–Crippen LogP) is 3.18. The van der Waals surface area contributed by atoms with Gasteiger partial charge in [0.25, 0.3) is 0 Å². The molecule has 16 heavy (non-hydrogen) atoms. The molecule has 0 amide bonds. The molecule has 0 fully saturated rings. The molecule has 0 saturated carbocycles. The van der Waals surface area contributed by atoms with E-state index in [2.05, 4.69) is 36.7 Å². The van der Waals surface area contributed by atoms with Crippen molar-refractivity contribution in [1.29, 1.82) is 0 Å². The maximum Gasteiger partial charge on any atom is 0.0688 e. The molecule has 2 aromatic rings. The number of aliphatic hydroxyl groups excluding tert-OH is 1. The van der Waals surface area contributed by atoms with Crippen LogP contribution in [0, 0.1) is 5.92 Å². The molecule has 1 aromatic carbocycles. The van der Waals surface area contributed by atoms with Gasteiger partial charge in [-0.25, -0.2) is 0 Å². The lowest BCUT2D eigenvalue weighted by atomic mass is 10.1. The third-order valence-electron chi connectivity index (χ3n) is 3.28. The minimum Gasteiger partial charge on any atom is -0.392 e. The largest absolute Gasteiger partial charge is 0.392 e. The molecule has 86 valence electrons. The SMILES string of the molecule is CCC(C)Cn1ccc2c(CO)cccc21. The fraction of sp³-hybridized carbons (Fsp3) is 0.429. The van der Waals surface area contributed by atoms with Gasteiger partial charge in [-0.15, -0.1) is 0 Å². The van der Waals surface area contributed by atoms with E-state index in [0.29, 0.717) is 5.92 Å². The predicted molar refractivity (Wildman–Crippen MR) is 67.3 cm³/mol. The highest BCUT2D eigenvalue weighted by Crippen LogP contribution is 2.21. The lowest BCUT2D eigenvalue weighted by molar-refractivity contribution is 0.283. The normalized spacial score (nSPS) is 13.2. The number of rotatable bonds is 4. The van der Waals surface area contributed by atoms with E-state index < -0.39 is 0 Å². The molecule has 0 saturated heterocycles. The van der Waals surface area contributed by atoms with Gasteiger partial charge in [0.05, 0.1) is 6.61 Å². The quantitative estimate of drug-likeness (QED) is 0.836. The summed E-state index contributed by atoms with van der Waals surface area (Å²) < 4.78 is 2.28. The minimum absolute atomic E-state index is 0.116. The number of hydrogen-bond donors (Lipinski definition) is 1. The molecule has 2 nitrogen and oxygen atoms in total. The molecule has 0 radical (unpaired) electrons. The summed E-state index contributed by atoms with van der Waals surface area (Å²) >= 11 is 0. The summed E-state index contributed by atoms with van der Waals surface area (Å²) in [6.45, 7) is 5.65. The molecule has 0 aliphatic carbocycles. The second-order valence-electron chi connectivity index (χ2n) is 4.49. The van der Waals surface area contributed by atoms with Crippen LogP contribution in [0.1, 0.15) is 25.8 Å². The van der Waals surface area contributed by atoms with E-state index in [1.54, 1.807) is 0 Å². The Morgan fingerprint density at radius 2 is 2.12 bits per heavy atom. The molecule has 1 aromatic heterocycles. The Morgan fingerprint density at radius 3 is 2.81 bits per heavy atom. The number of aliphatic hydroxyl groups is 1. The molecule has 1 heterocycles. The molecule has 1 unspecified atom stereocenters. The summed E-state index contributed by atoms with van der Waals surface area (Å²) in [5.74, 6) is 0.688. The molecular weight excluding hydrogens is 198 g/mol. The fourth-order valence-corrected chi connectivity index (χ4v) is 2.05. The Labute approximate surface area is 96.5 Å². The first-order valence-corrected chi connectivity index (χ1v) is 5.93. The Kier molecular flexibility index (Phi) is 3.30. The molecule has 1 atom stereocenters. The van der Waals surface area contributed by atoms with Gasteiger partial charge in [-0.05, 0) is 23.6 Å². The number of aromatic nitrogens is 1. The van der Waals surface area contributed by atoms with Gasteiger partial charge in [0, 0.05) is 23.6 Å². The second-order valence-corrected chi connectivity index (χ2v) is 4.49. The van der Waals surface area contributed by atoms with Gasteiger partial charge in [-0.2, -0.15) is 0 Å². The van der Waals surface area contributed by atoms with Gasteiger partial charge in [-0.1, -0.05) is 32.4 Å². The topological polar surface area (TPSA) is 25.2 Å². The first-order valence-electron chi connectivity index (χ1n) is 5.93.